The highest BCUT2D eigenvalue weighted by atomic mass is 16.5. The van der Waals surface area contributed by atoms with Crippen LogP contribution in [0.5, 0.6) is 5.75 Å². The highest BCUT2D eigenvalue weighted by molar-refractivity contribution is 5.94. The van der Waals surface area contributed by atoms with Gasteiger partial charge < -0.3 is 14.5 Å². The number of carbonyl (C=O) groups is 1. The third kappa shape index (κ3) is 3.99. The number of rotatable bonds is 4. The Morgan fingerprint density at radius 3 is 2.64 bits per heavy atom. The van der Waals surface area contributed by atoms with Gasteiger partial charge in [0, 0.05) is 24.8 Å². The van der Waals surface area contributed by atoms with Crippen LogP contribution >= 0.6 is 0 Å². The molecule has 5 nitrogen and oxygen atoms in total. The summed E-state index contributed by atoms with van der Waals surface area (Å²) >= 11 is 0. The minimum Gasteiger partial charge on any atom is -0.497 e. The van der Waals surface area contributed by atoms with Gasteiger partial charge in [0.05, 0.1) is 18.4 Å². The predicted molar refractivity (Wildman–Crippen MR) is 98.8 cm³/mol. The maximum Gasteiger partial charge on any atom is 0.255 e. The smallest absolute Gasteiger partial charge is 0.255 e. The average Bonchev–Trinajstić information content (AvgIpc) is 2.67. The average molecular weight is 339 g/mol. The molecule has 0 N–H and O–H groups in total. The van der Waals surface area contributed by atoms with Crippen LogP contribution in [0.1, 0.15) is 23.2 Å². The SMILES string of the molecule is COc1cccc(-c2ccc(C(=O)N(C)C3CCN(C)CC3)cn2)c1. The van der Waals surface area contributed by atoms with Crippen molar-refractivity contribution in [2.75, 3.05) is 34.3 Å². The number of hydrogen-bond acceptors (Lipinski definition) is 4. The minimum atomic E-state index is 0.0410. The largest absolute Gasteiger partial charge is 0.497 e. The van der Waals surface area contributed by atoms with Gasteiger partial charge in [-0.1, -0.05) is 12.1 Å². The number of likely N-dealkylation sites (tertiary alicyclic amines) is 1. The van der Waals surface area contributed by atoms with Gasteiger partial charge in [0.2, 0.25) is 0 Å². The van der Waals surface area contributed by atoms with E-state index in [-0.39, 0.29) is 5.91 Å². The van der Waals surface area contributed by atoms with E-state index in [1.165, 1.54) is 0 Å². The Kier molecular flexibility index (Phi) is 5.34. The van der Waals surface area contributed by atoms with Crippen molar-refractivity contribution in [3.05, 3.63) is 48.2 Å². The van der Waals surface area contributed by atoms with Gasteiger partial charge in [0.15, 0.2) is 0 Å². The lowest BCUT2D eigenvalue weighted by molar-refractivity contribution is 0.0659. The highest BCUT2D eigenvalue weighted by Crippen LogP contribution is 2.23. The van der Waals surface area contributed by atoms with Crippen molar-refractivity contribution in [3.63, 3.8) is 0 Å². The molecular weight excluding hydrogens is 314 g/mol. The van der Waals surface area contributed by atoms with E-state index in [0.717, 1.165) is 42.9 Å². The van der Waals surface area contributed by atoms with Gasteiger partial charge >= 0.3 is 0 Å². The summed E-state index contributed by atoms with van der Waals surface area (Å²) in [5, 5.41) is 0. The van der Waals surface area contributed by atoms with Gasteiger partial charge in [-0.3, -0.25) is 9.78 Å². The quantitative estimate of drug-likeness (QED) is 0.859. The molecule has 0 atom stereocenters. The van der Waals surface area contributed by atoms with Gasteiger partial charge in [0.1, 0.15) is 5.75 Å². The predicted octanol–water partition coefficient (Wildman–Crippen LogP) is 2.92. The van der Waals surface area contributed by atoms with Crippen molar-refractivity contribution in [3.8, 4) is 17.0 Å². The second kappa shape index (κ2) is 7.66. The number of ether oxygens (including phenoxy) is 1. The van der Waals surface area contributed by atoms with E-state index >= 15 is 0 Å². The fourth-order valence-corrected chi connectivity index (χ4v) is 3.23. The topological polar surface area (TPSA) is 45.7 Å². The van der Waals surface area contributed by atoms with Gasteiger partial charge in [-0.05, 0) is 57.2 Å². The third-order valence-electron chi connectivity index (χ3n) is 4.93. The molecule has 0 unspecified atom stereocenters. The molecule has 2 heterocycles. The summed E-state index contributed by atoms with van der Waals surface area (Å²) in [4.78, 5) is 21.4. The molecule has 25 heavy (non-hydrogen) atoms. The molecule has 0 spiro atoms. The van der Waals surface area contributed by atoms with Crippen molar-refractivity contribution in [1.82, 2.24) is 14.8 Å². The van der Waals surface area contributed by atoms with Crippen LogP contribution < -0.4 is 4.74 Å². The van der Waals surface area contributed by atoms with E-state index in [4.69, 9.17) is 4.74 Å². The highest BCUT2D eigenvalue weighted by Gasteiger charge is 2.24. The molecule has 1 aromatic carbocycles. The molecule has 1 amide bonds. The molecule has 0 saturated carbocycles. The number of hydrogen-bond donors (Lipinski definition) is 0. The van der Waals surface area contributed by atoms with E-state index in [1.54, 1.807) is 13.3 Å². The van der Waals surface area contributed by atoms with Gasteiger partial charge in [0.25, 0.3) is 5.91 Å². The molecule has 5 heteroatoms. The minimum absolute atomic E-state index is 0.0410. The van der Waals surface area contributed by atoms with Crippen LogP contribution in [0.25, 0.3) is 11.3 Å². The summed E-state index contributed by atoms with van der Waals surface area (Å²) in [7, 11) is 5.67. The van der Waals surface area contributed by atoms with Crippen LogP contribution in [0.3, 0.4) is 0 Å². The molecule has 3 rings (SSSR count). The maximum absolute atomic E-state index is 12.7. The Labute approximate surface area is 149 Å². The van der Waals surface area contributed by atoms with Crippen LogP contribution in [-0.2, 0) is 0 Å². The molecule has 1 aliphatic heterocycles. The maximum atomic E-state index is 12.7. The summed E-state index contributed by atoms with van der Waals surface area (Å²) in [6, 6.07) is 11.8. The van der Waals surface area contributed by atoms with Crippen LogP contribution in [0, 0.1) is 0 Å². The Morgan fingerprint density at radius 1 is 1.24 bits per heavy atom. The van der Waals surface area contributed by atoms with Gasteiger partial charge in [-0.2, -0.15) is 0 Å². The summed E-state index contributed by atoms with van der Waals surface area (Å²) in [6.45, 7) is 2.07. The number of amides is 1. The number of methoxy groups -OCH3 is 1. The molecule has 132 valence electrons. The lowest BCUT2D eigenvalue weighted by Crippen LogP contribution is -2.44. The molecule has 1 aliphatic rings. The zero-order valence-corrected chi connectivity index (χ0v) is 15.1. The van der Waals surface area contributed by atoms with E-state index in [9.17, 15) is 4.79 Å². The van der Waals surface area contributed by atoms with Crippen molar-refractivity contribution in [2.45, 2.75) is 18.9 Å². The molecular formula is C20H25N3O2. The van der Waals surface area contributed by atoms with E-state index < -0.39 is 0 Å². The lowest BCUT2D eigenvalue weighted by Gasteiger charge is -2.35. The normalized spacial score (nSPS) is 15.8. The monoisotopic (exact) mass is 339 g/mol. The molecule has 2 aromatic rings. The third-order valence-corrected chi connectivity index (χ3v) is 4.93. The Bertz CT molecular complexity index is 722. The number of benzene rings is 1. The molecule has 0 aliphatic carbocycles. The van der Waals surface area contributed by atoms with E-state index in [2.05, 4.69) is 16.9 Å². The summed E-state index contributed by atoms with van der Waals surface area (Å²) < 4.78 is 5.25. The Hall–Kier alpha value is -2.40. The first-order chi connectivity index (χ1) is 12.1. The molecule has 0 radical (unpaired) electrons. The first kappa shape index (κ1) is 17.4. The summed E-state index contributed by atoms with van der Waals surface area (Å²) in [5.74, 6) is 0.834. The zero-order valence-electron chi connectivity index (χ0n) is 15.1. The van der Waals surface area contributed by atoms with Crippen LogP contribution in [0.4, 0.5) is 0 Å². The van der Waals surface area contributed by atoms with Gasteiger partial charge in [-0.15, -0.1) is 0 Å². The van der Waals surface area contributed by atoms with Crippen molar-refractivity contribution < 1.29 is 9.53 Å². The second-order valence-corrected chi connectivity index (χ2v) is 6.61. The summed E-state index contributed by atoms with van der Waals surface area (Å²) in [5.41, 5.74) is 2.44. The first-order valence-electron chi connectivity index (χ1n) is 8.64. The number of piperidine rings is 1. The van der Waals surface area contributed by atoms with Crippen LogP contribution in [-0.4, -0.2) is 61.0 Å². The van der Waals surface area contributed by atoms with Crippen LogP contribution in [0.15, 0.2) is 42.6 Å². The molecule has 1 saturated heterocycles. The van der Waals surface area contributed by atoms with E-state index in [1.807, 2.05) is 48.3 Å². The summed E-state index contributed by atoms with van der Waals surface area (Å²) in [6.07, 6.45) is 3.71. The molecule has 1 fully saturated rings. The van der Waals surface area contributed by atoms with E-state index in [0.29, 0.717) is 11.6 Å². The fourth-order valence-electron chi connectivity index (χ4n) is 3.23. The van der Waals surface area contributed by atoms with Crippen LogP contribution in [0.2, 0.25) is 0 Å². The molecule has 0 bridgehead atoms. The second-order valence-electron chi connectivity index (χ2n) is 6.61. The zero-order chi connectivity index (χ0) is 17.8. The van der Waals surface area contributed by atoms with Crippen molar-refractivity contribution in [1.29, 1.82) is 0 Å². The Morgan fingerprint density at radius 2 is 2.00 bits per heavy atom. The first-order valence-corrected chi connectivity index (χ1v) is 8.64. The fraction of sp³-hybridized carbons (Fsp3) is 0.400. The lowest BCUT2D eigenvalue weighted by atomic mass is 10.0. The number of aromatic nitrogens is 1. The van der Waals surface area contributed by atoms with Crippen molar-refractivity contribution >= 4 is 5.91 Å². The number of nitrogens with zero attached hydrogens (tertiary/aromatic N) is 3. The number of carbonyl (C=O) groups excluding carboxylic acids is 1. The standard InChI is InChI=1S/C20H25N3O2/c1-22-11-9-17(10-12-22)23(2)20(24)16-7-8-19(21-14-16)15-5-4-6-18(13-15)25-3/h4-8,13-14,17H,9-12H2,1-3H3. The van der Waals surface area contributed by atoms with Gasteiger partial charge in [-0.25, -0.2) is 0 Å². The molecule has 1 aromatic heterocycles. The Balaban J connectivity index is 1.72. The number of pyridine rings is 1. The van der Waals surface area contributed by atoms with Crippen molar-refractivity contribution in [2.24, 2.45) is 0 Å².